The van der Waals surface area contributed by atoms with Gasteiger partial charge in [0.25, 0.3) is 0 Å². The molecule has 0 radical (unpaired) electrons. The molecule has 41 heavy (non-hydrogen) atoms. The maximum absolute atomic E-state index is 2.45. The Morgan fingerprint density at radius 2 is 0.780 bits per heavy atom. The van der Waals surface area contributed by atoms with Crippen LogP contribution >= 0.6 is 0 Å². The van der Waals surface area contributed by atoms with E-state index in [0.29, 0.717) is 0 Å². The number of rotatable bonds is 3. The van der Waals surface area contributed by atoms with Crippen LogP contribution in [0.3, 0.4) is 0 Å². The van der Waals surface area contributed by atoms with Gasteiger partial charge >= 0.3 is 0 Å². The summed E-state index contributed by atoms with van der Waals surface area (Å²) in [5, 5.41) is 2.50. The van der Waals surface area contributed by atoms with Crippen LogP contribution in [0, 0.1) is 0 Å². The molecule has 0 heterocycles. The van der Waals surface area contributed by atoms with Crippen LogP contribution < -0.4 is 4.90 Å². The lowest BCUT2D eigenvalue weighted by Crippen LogP contribution is -2.18. The lowest BCUT2D eigenvalue weighted by Gasteiger charge is -2.30. The average Bonchev–Trinajstić information content (AvgIpc) is 3.37. The third-order valence-corrected chi connectivity index (χ3v) is 9.64. The number of hydrogen-bond donors (Lipinski definition) is 0. The second kappa shape index (κ2) is 8.44. The minimum Gasteiger partial charge on any atom is -0.310 e. The van der Waals surface area contributed by atoms with E-state index in [9.17, 15) is 0 Å². The first-order valence-corrected chi connectivity index (χ1v) is 14.6. The molecule has 198 valence electrons. The van der Waals surface area contributed by atoms with Crippen molar-refractivity contribution in [2.75, 3.05) is 4.90 Å². The number of fused-ring (bicyclic) bond motifs is 7. The van der Waals surface area contributed by atoms with E-state index < -0.39 is 0 Å². The lowest BCUT2D eigenvalue weighted by atomic mass is 9.82. The van der Waals surface area contributed by atoms with Crippen LogP contribution in [0.5, 0.6) is 0 Å². The van der Waals surface area contributed by atoms with Gasteiger partial charge in [-0.3, -0.25) is 0 Å². The van der Waals surface area contributed by atoms with Crippen LogP contribution in [-0.4, -0.2) is 0 Å². The minimum atomic E-state index is -0.0570. The maximum Gasteiger partial charge on any atom is 0.0468 e. The Morgan fingerprint density at radius 3 is 1.34 bits per heavy atom. The maximum atomic E-state index is 2.45. The Bertz CT molecular complexity index is 1900. The topological polar surface area (TPSA) is 3.24 Å². The van der Waals surface area contributed by atoms with Crippen molar-refractivity contribution in [2.45, 2.75) is 38.5 Å². The summed E-state index contributed by atoms with van der Waals surface area (Å²) >= 11 is 0. The first-order chi connectivity index (χ1) is 19.8. The summed E-state index contributed by atoms with van der Waals surface area (Å²) in [5.74, 6) is 0. The molecule has 0 amide bonds. The smallest absolute Gasteiger partial charge is 0.0468 e. The highest BCUT2D eigenvalue weighted by Crippen LogP contribution is 2.53. The summed E-state index contributed by atoms with van der Waals surface area (Å²) in [6.45, 7) is 9.43. The summed E-state index contributed by atoms with van der Waals surface area (Å²) in [6.07, 6.45) is 0. The molecule has 6 aromatic rings. The van der Waals surface area contributed by atoms with Crippen molar-refractivity contribution < 1.29 is 0 Å². The predicted molar refractivity (Wildman–Crippen MR) is 174 cm³/mol. The van der Waals surface area contributed by atoms with Gasteiger partial charge in [0.05, 0.1) is 0 Å². The molecular formula is C40H33N. The molecule has 0 fully saturated rings. The third kappa shape index (κ3) is 3.42. The van der Waals surface area contributed by atoms with E-state index in [0.717, 1.165) is 0 Å². The molecule has 6 aromatic carbocycles. The summed E-state index contributed by atoms with van der Waals surface area (Å²) in [6, 6.07) is 47.4. The Balaban J connectivity index is 1.34. The second-order valence-corrected chi connectivity index (χ2v) is 12.7. The summed E-state index contributed by atoms with van der Waals surface area (Å²) in [4.78, 5) is 2.45. The van der Waals surface area contributed by atoms with Crippen molar-refractivity contribution in [1.82, 2.24) is 0 Å². The Labute approximate surface area is 242 Å². The number of anilines is 3. The van der Waals surface area contributed by atoms with Crippen molar-refractivity contribution in [2.24, 2.45) is 0 Å². The third-order valence-electron chi connectivity index (χ3n) is 9.64. The lowest BCUT2D eigenvalue weighted by molar-refractivity contribution is 0.660. The van der Waals surface area contributed by atoms with Gasteiger partial charge in [0.2, 0.25) is 0 Å². The fraction of sp³-hybridized carbons (Fsp3) is 0.150. The second-order valence-electron chi connectivity index (χ2n) is 12.7. The SMILES string of the molecule is CC1(C)c2ccccc2-c2ccc(N(c3ccc4c(c3)C(C)(C)c3ccccc3-4)c3ccc4ccccc4c3)cc21. The Hall–Kier alpha value is -4.62. The normalized spacial score (nSPS) is 15.2. The van der Waals surface area contributed by atoms with E-state index in [-0.39, 0.29) is 10.8 Å². The van der Waals surface area contributed by atoms with Crippen LogP contribution in [0.1, 0.15) is 49.9 Å². The van der Waals surface area contributed by atoms with Crippen LogP contribution in [0.25, 0.3) is 33.0 Å². The zero-order valence-corrected chi connectivity index (χ0v) is 24.1. The van der Waals surface area contributed by atoms with Gasteiger partial charge < -0.3 is 4.90 Å². The van der Waals surface area contributed by atoms with Gasteiger partial charge in [-0.2, -0.15) is 0 Å². The van der Waals surface area contributed by atoms with Gasteiger partial charge in [-0.25, -0.2) is 0 Å². The summed E-state index contributed by atoms with van der Waals surface area (Å²) < 4.78 is 0. The van der Waals surface area contributed by atoms with E-state index in [1.165, 1.54) is 72.3 Å². The Morgan fingerprint density at radius 1 is 0.366 bits per heavy atom. The molecule has 0 aliphatic heterocycles. The predicted octanol–water partition coefficient (Wildman–Crippen LogP) is 10.9. The van der Waals surface area contributed by atoms with E-state index >= 15 is 0 Å². The highest BCUT2D eigenvalue weighted by atomic mass is 15.1. The Kier molecular flexibility index (Phi) is 4.98. The molecular weight excluding hydrogens is 494 g/mol. The van der Waals surface area contributed by atoms with Crippen LogP contribution in [0.4, 0.5) is 17.1 Å². The molecule has 0 N–H and O–H groups in total. The molecule has 0 atom stereocenters. The van der Waals surface area contributed by atoms with Crippen LogP contribution in [0.2, 0.25) is 0 Å². The zero-order valence-electron chi connectivity index (χ0n) is 24.1. The van der Waals surface area contributed by atoms with Crippen molar-refractivity contribution in [3.63, 3.8) is 0 Å². The molecule has 8 rings (SSSR count). The van der Waals surface area contributed by atoms with Gasteiger partial charge in [-0.1, -0.05) is 119 Å². The molecule has 0 bridgehead atoms. The molecule has 0 aromatic heterocycles. The van der Waals surface area contributed by atoms with Gasteiger partial charge in [0, 0.05) is 27.9 Å². The fourth-order valence-electron chi connectivity index (χ4n) is 7.43. The van der Waals surface area contributed by atoms with Gasteiger partial charge in [0.1, 0.15) is 0 Å². The van der Waals surface area contributed by atoms with E-state index in [1.54, 1.807) is 0 Å². The molecule has 1 nitrogen and oxygen atoms in total. The van der Waals surface area contributed by atoms with Gasteiger partial charge in [-0.15, -0.1) is 0 Å². The molecule has 0 saturated heterocycles. The van der Waals surface area contributed by atoms with Crippen molar-refractivity contribution >= 4 is 27.8 Å². The molecule has 2 aliphatic rings. The quantitative estimate of drug-likeness (QED) is 0.221. The van der Waals surface area contributed by atoms with E-state index in [2.05, 4.69) is 160 Å². The highest BCUT2D eigenvalue weighted by molar-refractivity contribution is 5.92. The largest absolute Gasteiger partial charge is 0.310 e. The van der Waals surface area contributed by atoms with Crippen molar-refractivity contribution in [3.8, 4) is 22.3 Å². The van der Waals surface area contributed by atoms with Crippen LogP contribution in [0.15, 0.2) is 127 Å². The van der Waals surface area contributed by atoms with Crippen molar-refractivity contribution in [3.05, 3.63) is 150 Å². The highest BCUT2D eigenvalue weighted by Gasteiger charge is 2.37. The van der Waals surface area contributed by atoms with E-state index in [1.807, 2.05) is 0 Å². The molecule has 1 heteroatoms. The van der Waals surface area contributed by atoms with Crippen LogP contribution in [-0.2, 0) is 10.8 Å². The fourth-order valence-corrected chi connectivity index (χ4v) is 7.43. The first-order valence-electron chi connectivity index (χ1n) is 14.6. The molecule has 0 unspecified atom stereocenters. The van der Waals surface area contributed by atoms with Crippen molar-refractivity contribution in [1.29, 1.82) is 0 Å². The first kappa shape index (κ1) is 24.2. The zero-order chi connectivity index (χ0) is 27.9. The average molecular weight is 528 g/mol. The standard InChI is InChI=1S/C40H33N/c1-39(2)35-15-9-7-13-31(35)33-21-19-29(24-37(33)39)41(28-18-17-26-11-5-6-12-27(26)23-28)30-20-22-34-32-14-8-10-16-36(32)40(3,4)38(34)25-30/h5-25H,1-4H3. The molecule has 0 saturated carbocycles. The van der Waals surface area contributed by atoms with E-state index in [4.69, 9.17) is 0 Å². The molecule has 0 spiro atoms. The minimum absolute atomic E-state index is 0.0570. The van der Waals surface area contributed by atoms with Gasteiger partial charge in [-0.05, 0) is 91.7 Å². The summed E-state index contributed by atoms with van der Waals surface area (Å²) in [5.41, 5.74) is 14.4. The number of nitrogens with zero attached hydrogens (tertiary/aromatic N) is 1. The monoisotopic (exact) mass is 527 g/mol. The number of benzene rings is 6. The molecule has 2 aliphatic carbocycles. The number of hydrogen-bond acceptors (Lipinski definition) is 1. The van der Waals surface area contributed by atoms with Gasteiger partial charge in [0.15, 0.2) is 0 Å². The summed E-state index contributed by atoms with van der Waals surface area (Å²) in [7, 11) is 0.